The highest BCUT2D eigenvalue weighted by Crippen LogP contribution is 2.41. The van der Waals surface area contributed by atoms with Gasteiger partial charge in [0.1, 0.15) is 5.75 Å². The Morgan fingerprint density at radius 2 is 1.62 bits per heavy atom. The normalized spacial score (nSPS) is 13.7. The van der Waals surface area contributed by atoms with E-state index in [1.165, 1.54) is 0 Å². The summed E-state index contributed by atoms with van der Waals surface area (Å²) in [5.41, 5.74) is 2.89. The van der Waals surface area contributed by atoms with E-state index in [0.717, 1.165) is 29.8 Å². The minimum Gasteiger partial charge on any atom is -0.497 e. The summed E-state index contributed by atoms with van der Waals surface area (Å²) in [6.07, 6.45) is 2.21. The SMILES string of the molecule is COc1ccc(C(NC(=O)CNc2ccccc2C(=O)Nc2ccccc2)C2CC2)cc1. The van der Waals surface area contributed by atoms with Crippen LogP contribution in [0.4, 0.5) is 11.4 Å². The lowest BCUT2D eigenvalue weighted by molar-refractivity contribution is -0.120. The highest BCUT2D eigenvalue weighted by Gasteiger charge is 2.33. The molecule has 1 aliphatic rings. The zero-order chi connectivity index (χ0) is 22.3. The third-order valence-electron chi connectivity index (χ3n) is 5.53. The first-order valence-electron chi connectivity index (χ1n) is 10.8. The van der Waals surface area contributed by atoms with Gasteiger partial charge in [-0.3, -0.25) is 9.59 Å². The van der Waals surface area contributed by atoms with E-state index in [1.807, 2.05) is 60.7 Å². The lowest BCUT2D eigenvalue weighted by Crippen LogP contribution is -2.34. The average molecular weight is 430 g/mol. The number of para-hydroxylation sites is 2. The van der Waals surface area contributed by atoms with Crippen LogP contribution in [0.2, 0.25) is 0 Å². The number of benzene rings is 3. The summed E-state index contributed by atoms with van der Waals surface area (Å²) < 4.78 is 5.23. The number of carbonyl (C=O) groups excluding carboxylic acids is 2. The quantitative estimate of drug-likeness (QED) is 0.463. The fraction of sp³-hybridized carbons (Fsp3) is 0.231. The molecule has 3 aromatic carbocycles. The van der Waals surface area contributed by atoms with E-state index in [9.17, 15) is 9.59 Å². The van der Waals surface area contributed by atoms with Crippen LogP contribution in [-0.2, 0) is 4.79 Å². The summed E-state index contributed by atoms with van der Waals surface area (Å²) >= 11 is 0. The molecule has 1 saturated carbocycles. The lowest BCUT2D eigenvalue weighted by Gasteiger charge is -2.20. The maximum atomic E-state index is 12.7. The van der Waals surface area contributed by atoms with Gasteiger partial charge in [-0.15, -0.1) is 0 Å². The molecule has 3 N–H and O–H groups in total. The van der Waals surface area contributed by atoms with Crippen molar-refractivity contribution in [2.24, 2.45) is 5.92 Å². The van der Waals surface area contributed by atoms with Crippen LogP contribution in [0.15, 0.2) is 78.9 Å². The van der Waals surface area contributed by atoms with Crippen molar-refractivity contribution in [1.29, 1.82) is 0 Å². The number of ether oxygens (including phenoxy) is 1. The minimum absolute atomic E-state index is 0.0215. The molecule has 0 aliphatic heterocycles. The smallest absolute Gasteiger partial charge is 0.257 e. The second-order valence-corrected chi connectivity index (χ2v) is 7.88. The van der Waals surface area contributed by atoms with Gasteiger partial charge in [-0.1, -0.05) is 42.5 Å². The number of methoxy groups -OCH3 is 1. The predicted octanol–water partition coefficient (Wildman–Crippen LogP) is 4.63. The van der Waals surface area contributed by atoms with Crippen molar-refractivity contribution in [2.45, 2.75) is 18.9 Å². The number of anilines is 2. The Morgan fingerprint density at radius 1 is 0.938 bits per heavy atom. The van der Waals surface area contributed by atoms with Crippen molar-refractivity contribution in [2.75, 3.05) is 24.3 Å². The first-order valence-corrected chi connectivity index (χ1v) is 10.8. The molecule has 0 aromatic heterocycles. The zero-order valence-electron chi connectivity index (χ0n) is 18.0. The summed E-state index contributed by atoms with van der Waals surface area (Å²) in [6.45, 7) is 0.0784. The average Bonchev–Trinajstić information content (AvgIpc) is 3.67. The molecular weight excluding hydrogens is 402 g/mol. The van der Waals surface area contributed by atoms with Crippen LogP contribution in [0.3, 0.4) is 0 Å². The fourth-order valence-corrected chi connectivity index (χ4v) is 3.67. The zero-order valence-corrected chi connectivity index (χ0v) is 18.0. The van der Waals surface area contributed by atoms with Gasteiger partial charge in [0, 0.05) is 11.4 Å². The molecule has 1 fully saturated rings. The minimum atomic E-state index is -0.228. The van der Waals surface area contributed by atoms with Gasteiger partial charge in [-0.25, -0.2) is 0 Å². The number of hydrogen-bond donors (Lipinski definition) is 3. The van der Waals surface area contributed by atoms with Crippen molar-refractivity contribution >= 4 is 23.2 Å². The second kappa shape index (κ2) is 10.0. The van der Waals surface area contributed by atoms with Crippen LogP contribution >= 0.6 is 0 Å². The van der Waals surface area contributed by atoms with Crippen LogP contribution in [0.25, 0.3) is 0 Å². The van der Waals surface area contributed by atoms with E-state index in [1.54, 1.807) is 25.3 Å². The van der Waals surface area contributed by atoms with Gasteiger partial charge in [0.05, 0.1) is 25.3 Å². The van der Waals surface area contributed by atoms with Crippen molar-refractivity contribution in [1.82, 2.24) is 5.32 Å². The summed E-state index contributed by atoms with van der Waals surface area (Å²) in [6, 6.07) is 24.3. The second-order valence-electron chi connectivity index (χ2n) is 7.88. The van der Waals surface area contributed by atoms with Gasteiger partial charge >= 0.3 is 0 Å². The molecule has 0 saturated heterocycles. The fourth-order valence-electron chi connectivity index (χ4n) is 3.67. The maximum Gasteiger partial charge on any atom is 0.257 e. The van der Waals surface area contributed by atoms with Crippen molar-refractivity contribution in [3.63, 3.8) is 0 Å². The summed E-state index contributed by atoms with van der Waals surface area (Å²) in [7, 11) is 1.64. The molecular formula is C26H27N3O3. The first kappa shape index (κ1) is 21.4. The van der Waals surface area contributed by atoms with Crippen LogP contribution in [0.5, 0.6) is 5.75 Å². The summed E-state index contributed by atoms with van der Waals surface area (Å²) in [5, 5.41) is 9.15. The van der Waals surface area contributed by atoms with Gasteiger partial charge in [0.25, 0.3) is 5.91 Å². The van der Waals surface area contributed by atoms with Crippen LogP contribution < -0.4 is 20.7 Å². The number of carbonyl (C=O) groups is 2. The number of hydrogen-bond acceptors (Lipinski definition) is 4. The highest BCUT2D eigenvalue weighted by atomic mass is 16.5. The van der Waals surface area contributed by atoms with Crippen LogP contribution in [-0.4, -0.2) is 25.5 Å². The predicted molar refractivity (Wildman–Crippen MR) is 126 cm³/mol. The monoisotopic (exact) mass is 429 g/mol. The molecule has 32 heavy (non-hydrogen) atoms. The molecule has 1 atom stereocenters. The molecule has 164 valence electrons. The maximum absolute atomic E-state index is 12.7. The molecule has 2 amide bonds. The van der Waals surface area contributed by atoms with Crippen molar-refractivity contribution < 1.29 is 14.3 Å². The lowest BCUT2D eigenvalue weighted by atomic mass is 10.0. The number of rotatable bonds is 9. The van der Waals surface area contributed by atoms with Gasteiger partial charge in [-0.2, -0.15) is 0 Å². The van der Waals surface area contributed by atoms with E-state index < -0.39 is 0 Å². The largest absolute Gasteiger partial charge is 0.497 e. The Balaban J connectivity index is 1.38. The topological polar surface area (TPSA) is 79.5 Å². The molecule has 3 aromatic rings. The summed E-state index contributed by atoms with van der Waals surface area (Å²) in [4.78, 5) is 25.5. The Bertz CT molecular complexity index is 1060. The molecule has 6 nitrogen and oxygen atoms in total. The van der Waals surface area contributed by atoms with E-state index in [2.05, 4.69) is 16.0 Å². The molecule has 0 heterocycles. The van der Waals surface area contributed by atoms with Gasteiger partial charge in [-0.05, 0) is 60.7 Å². The number of amides is 2. The third kappa shape index (κ3) is 5.46. The van der Waals surface area contributed by atoms with Gasteiger partial charge in [0.2, 0.25) is 5.91 Å². The number of nitrogens with one attached hydrogen (secondary N) is 3. The Hall–Kier alpha value is -3.80. The van der Waals surface area contributed by atoms with E-state index in [4.69, 9.17) is 4.74 Å². The Kier molecular flexibility index (Phi) is 6.70. The molecule has 1 aliphatic carbocycles. The highest BCUT2D eigenvalue weighted by molar-refractivity contribution is 6.08. The molecule has 0 radical (unpaired) electrons. The first-order chi connectivity index (χ1) is 15.6. The molecule has 0 bridgehead atoms. The molecule has 0 spiro atoms. The van der Waals surface area contributed by atoms with E-state index >= 15 is 0 Å². The van der Waals surface area contributed by atoms with E-state index in [0.29, 0.717) is 17.2 Å². The van der Waals surface area contributed by atoms with Gasteiger partial charge < -0.3 is 20.7 Å². The molecule has 1 unspecified atom stereocenters. The van der Waals surface area contributed by atoms with Crippen molar-refractivity contribution in [3.05, 3.63) is 90.0 Å². The van der Waals surface area contributed by atoms with Gasteiger partial charge in [0.15, 0.2) is 0 Å². The van der Waals surface area contributed by atoms with Crippen molar-refractivity contribution in [3.8, 4) is 5.75 Å². The molecule has 4 rings (SSSR count). The Labute approximate surface area is 188 Å². The van der Waals surface area contributed by atoms with Crippen LogP contribution in [0, 0.1) is 5.92 Å². The third-order valence-corrected chi connectivity index (χ3v) is 5.53. The standard InChI is InChI=1S/C26H27N3O3/c1-32-21-15-13-19(14-16-21)25(18-11-12-18)29-24(30)17-27-23-10-6-5-9-22(23)26(31)28-20-7-3-2-4-8-20/h2-10,13-16,18,25,27H,11-12,17H2,1H3,(H,28,31)(H,29,30). The summed E-state index contributed by atoms with van der Waals surface area (Å²) in [5.74, 6) is 0.905. The molecule has 6 heteroatoms. The Morgan fingerprint density at radius 3 is 2.31 bits per heavy atom. The van der Waals surface area contributed by atoms with E-state index in [-0.39, 0.29) is 24.4 Å². The van der Waals surface area contributed by atoms with Crippen LogP contribution in [0.1, 0.15) is 34.8 Å².